The molecule has 1 aliphatic rings. The number of hydrogen-bond acceptors (Lipinski definition) is 6. The number of halogens is 3. The average molecular weight is 483 g/mol. The number of hydrogen-bond donors (Lipinski definition) is 3. The molecule has 33 heavy (non-hydrogen) atoms. The summed E-state index contributed by atoms with van der Waals surface area (Å²) in [5.74, 6) is -3.22. The van der Waals surface area contributed by atoms with E-state index in [9.17, 15) is 18.0 Å². The predicted octanol–water partition coefficient (Wildman–Crippen LogP) is 4.14. The summed E-state index contributed by atoms with van der Waals surface area (Å²) in [6.45, 7) is 0. The molecule has 13 heteroatoms. The highest BCUT2D eigenvalue weighted by Crippen LogP contribution is 2.40. The molecular formula is C20H20F3N5O4S. The first-order valence-electron chi connectivity index (χ1n) is 9.86. The topological polar surface area (TPSA) is 134 Å². The van der Waals surface area contributed by atoms with Crippen LogP contribution in [0.15, 0.2) is 47.8 Å². The Bertz CT molecular complexity index is 1060. The third kappa shape index (κ3) is 6.57. The van der Waals surface area contributed by atoms with Gasteiger partial charge in [0.15, 0.2) is 10.7 Å². The molecule has 3 N–H and O–H groups in total. The van der Waals surface area contributed by atoms with Crippen LogP contribution in [0.25, 0.3) is 5.69 Å². The number of nitrogens with zero attached hydrogens (tertiary/aromatic N) is 4. The summed E-state index contributed by atoms with van der Waals surface area (Å²) in [7, 11) is 0. The van der Waals surface area contributed by atoms with Crippen LogP contribution >= 0.6 is 11.8 Å². The molecule has 0 spiro atoms. The summed E-state index contributed by atoms with van der Waals surface area (Å²) in [6.07, 6.45) is 2.91. The van der Waals surface area contributed by atoms with Gasteiger partial charge in [-0.05, 0) is 55.4 Å². The highest BCUT2D eigenvalue weighted by molar-refractivity contribution is 7.99. The monoisotopic (exact) mass is 483 g/mol. The largest absolute Gasteiger partial charge is 0.490 e. The van der Waals surface area contributed by atoms with Crippen LogP contribution in [0.2, 0.25) is 0 Å². The number of carboxylic acid groups (broad SMARTS) is 2. The van der Waals surface area contributed by atoms with E-state index in [0.29, 0.717) is 16.2 Å². The molecular weight excluding hydrogens is 463 g/mol. The summed E-state index contributed by atoms with van der Waals surface area (Å²) in [5.41, 5.74) is 2.51. The number of aromatic amines is 1. The average Bonchev–Trinajstić information content (AvgIpc) is 3.47. The van der Waals surface area contributed by atoms with Crippen LogP contribution in [0.1, 0.15) is 47.7 Å². The molecule has 0 bridgehead atoms. The maximum Gasteiger partial charge on any atom is 0.490 e. The number of aromatic nitrogens is 5. The van der Waals surface area contributed by atoms with E-state index in [-0.39, 0.29) is 5.69 Å². The number of carboxylic acids is 2. The fraction of sp³-hybridized carbons (Fsp3) is 0.350. The van der Waals surface area contributed by atoms with Crippen molar-refractivity contribution in [2.24, 2.45) is 0 Å². The molecule has 2 aromatic heterocycles. The number of aromatic carboxylic acids is 1. The van der Waals surface area contributed by atoms with Crippen LogP contribution in [0.4, 0.5) is 13.2 Å². The van der Waals surface area contributed by atoms with Crippen LogP contribution in [0.3, 0.4) is 0 Å². The first-order valence-corrected chi connectivity index (χ1v) is 10.7. The van der Waals surface area contributed by atoms with Gasteiger partial charge in [-0.25, -0.2) is 14.3 Å². The van der Waals surface area contributed by atoms with E-state index in [2.05, 4.69) is 44.8 Å². The number of alkyl halides is 3. The maximum atomic E-state index is 11.1. The molecule has 176 valence electrons. The zero-order valence-electron chi connectivity index (χ0n) is 17.1. The van der Waals surface area contributed by atoms with Crippen molar-refractivity contribution in [2.45, 2.75) is 48.1 Å². The minimum absolute atomic E-state index is 0.0892. The van der Waals surface area contributed by atoms with Crippen LogP contribution in [0, 0.1) is 0 Å². The molecule has 1 fully saturated rings. The minimum atomic E-state index is -5.08. The number of rotatable bonds is 5. The van der Waals surface area contributed by atoms with Gasteiger partial charge in [-0.15, -0.1) is 5.10 Å². The van der Waals surface area contributed by atoms with Gasteiger partial charge in [-0.3, -0.25) is 5.10 Å². The Labute approximate surface area is 190 Å². The van der Waals surface area contributed by atoms with Crippen molar-refractivity contribution in [3.63, 3.8) is 0 Å². The van der Waals surface area contributed by atoms with Crippen molar-refractivity contribution in [2.75, 3.05) is 0 Å². The van der Waals surface area contributed by atoms with Crippen molar-refractivity contribution < 1.29 is 33.0 Å². The van der Waals surface area contributed by atoms with Crippen molar-refractivity contribution in [3.8, 4) is 5.69 Å². The van der Waals surface area contributed by atoms with Crippen LogP contribution < -0.4 is 0 Å². The summed E-state index contributed by atoms with van der Waals surface area (Å²) >= 11 is 1.53. The highest BCUT2D eigenvalue weighted by Gasteiger charge is 2.38. The Morgan fingerprint density at radius 2 is 1.73 bits per heavy atom. The summed E-state index contributed by atoms with van der Waals surface area (Å²) in [5, 5.41) is 31.4. The second-order valence-electron chi connectivity index (χ2n) is 7.23. The van der Waals surface area contributed by atoms with Gasteiger partial charge in [-0.1, -0.05) is 29.1 Å². The van der Waals surface area contributed by atoms with Gasteiger partial charge in [0.25, 0.3) is 0 Å². The molecule has 0 saturated heterocycles. The Balaban J connectivity index is 0.000000383. The van der Waals surface area contributed by atoms with Crippen LogP contribution in [-0.2, 0) is 4.79 Å². The highest BCUT2D eigenvalue weighted by atomic mass is 32.2. The van der Waals surface area contributed by atoms with Crippen molar-refractivity contribution in [3.05, 3.63) is 54.0 Å². The quantitative estimate of drug-likeness (QED) is 0.493. The number of nitrogens with one attached hydrogen (secondary N) is 1. The van der Waals surface area contributed by atoms with E-state index < -0.39 is 18.1 Å². The van der Waals surface area contributed by atoms with Crippen molar-refractivity contribution >= 4 is 23.7 Å². The Morgan fingerprint density at radius 3 is 2.24 bits per heavy atom. The van der Waals surface area contributed by atoms with E-state index in [1.807, 2.05) is 16.9 Å². The fourth-order valence-electron chi connectivity index (χ4n) is 3.43. The zero-order chi connectivity index (χ0) is 24.0. The summed E-state index contributed by atoms with van der Waals surface area (Å²) in [4.78, 5) is 20.0. The summed E-state index contributed by atoms with van der Waals surface area (Å²) < 4.78 is 33.6. The SMILES string of the molecule is O=C(O)C(F)(F)F.O=C(O)c1[nH]nnc1S[C@H]1CC[C@H](c2ccc(-n3cccn3)cc2)CC1. The molecule has 3 aromatic rings. The normalized spacial score (nSPS) is 18.3. The molecule has 0 radical (unpaired) electrons. The molecule has 1 aliphatic carbocycles. The number of aliphatic carboxylic acids is 1. The van der Waals surface area contributed by atoms with Crippen LogP contribution in [-0.4, -0.2) is 58.8 Å². The lowest BCUT2D eigenvalue weighted by atomic mass is 9.84. The lowest BCUT2D eigenvalue weighted by Gasteiger charge is -2.28. The summed E-state index contributed by atoms with van der Waals surface area (Å²) in [6, 6.07) is 10.5. The lowest BCUT2D eigenvalue weighted by molar-refractivity contribution is -0.192. The van der Waals surface area contributed by atoms with Crippen molar-refractivity contribution in [1.82, 2.24) is 25.2 Å². The van der Waals surface area contributed by atoms with E-state index in [1.165, 1.54) is 17.3 Å². The molecule has 9 nitrogen and oxygen atoms in total. The standard InChI is InChI=1S/C18H19N5O2S.C2HF3O2/c24-18(25)16-17(21-22-20-16)26-15-8-4-13(5-9-15)12-2-6-14(7-3-12)23-11-1-10-19-23;3-2(4,5)1(6)7/h1-3,6-7,10-11,13,15H,4-5,8-9H2,(H,24,25)(H,20,21,22);(H,6,7)/t13-,15-;. The second-order valence-corrected chi connectivity index (χ2v) is 8.52. The molecule has 0 aliphatic heterocycles. The van der Waals surface area contributed by atoms with E-state index in [1.54, 1.807) is 6.20 Å². The van der Waals surface area contributed by atoms with E-state index in [4.69, 9.17) is 15.0 Å². The lowest BCUT2D eigenvalue weighted by Crippen LogP contribution is -2.21. The van der Waals surface area contributed by atoms with E-state index >= 15 is 0 Å². The number of thioether (sulfide) groups is 1. The first kappa shape index (κ1) is 24.3. The van der Waals surface area contributed by atoms with Gasteiger partial charge < -0.3 is 10.2 Å². The molecule has 4 rings (SSSR count). The van der Waals surface area contributed by atoms with Gasteiger partial charge in [0, 0.05) is 17.6 Å². The molecule has 1 aromatic carbocycles. The first-order chi connectivity index (χ1) is 15.6. The minimum Gasteiger partial charge on any atom is -0.476 e. The molecule has 0 atom stereocenters. The van der Waals surface area contributed by atoms with Gasteiger partial charge >= 0.3 is 18.1 Å². The Kier molecular flexibility index (Phi) is 7.74. The third-order valence-corrected chi connectivity index (χ3v) is 6.37. The molecule has 2 heterocycles. The number of benzene rings is 1. The van der Waals surface area contributed by atoms with Crippen LogP contribution in [0.5, 0.6) is 0 Å². The zero-order valence-corrected chi connectivity index (χ0v) is 17.9. The Morgan fingerprint density at radius 1 is 1.09 bits per heavy atom. The fourth-order valence-corrected chi connectivity index (χ4v) is 4.60. The van der Waals surface area contributed by atoms with Gasteiger partial charge in [-0.2, -0.15) is 18.3 Å². The molecule has 0 amide bonds. The predicted molar refractivity (Wildman–Crippen MR) is 111 cm³/mol. The molecule has 1 saturated carbocycles. The Hall–Kier alpha value is -3.35. The second kappa shape index (κ2) is 10.5. The molecule has 0 unspecified atom stereocenters. The van der Waals surface area contributed by atoms with Gasteiger partial charge in [0.1, 0.15) is 0 Å². The smallest absolute Gasteiger partial charge is 0.476 e. The third-order valence-electron chi connectivity index (χ3n) is 5.06. The van der Waals surface area contributed by atoms with Gasteiger partial charge in [0.05, 0.1) is 5.69 Å². The number of carbonyl (C=O) groups is 2. The number of H-pyrrole nitrogens is 1. The maximum absolute atomic E-state index is 11.1. The van der Waals surface area contributed by atoms with E-state index in [0.717, 1.165) is 31.4 Å². The van der Waals surface area contributed by atoms with Gasteiger partial charge in [0.2, 0.25) is 0 Å². The van der Waals surface area contributed by atoms with Crippen molar-refractivity contribution in [1.29, 1.82) is 0 Å².